The smallest absolute Gasteiger partial charge is 0.253 e. The van der Waals surface area contributed by atoms with E-state index in [4.69, 9.17) is 5.26 Å². The van der Waals surface area contributed by atoms with E-state index in [0.717, 1.165) is 36.6 Å². The predicted octanol–water partition coefficient (Wildman–Crippen LogP) is 3.29. The van der Waals surface area contributed by atoms with Gasteiger partial charge in [0.05, 0.1) is 11.6 Å². The average Bonchev–Trinajstić information content (AvgIpc) is 3.36. The number of nitriles is 1. The number of hydrogen-bond donors (Lipinski definition) is 0. The summed E-state index contributed by atoms with van der Waals surface area (Å²) in [7, 11) is 0. The number of carbonyl (C=O) groups excluding carboxylic acids is 1. The first-order valence-corrected chi connectivity index (χ1v) is 9.37. The molecule has 4 rings (SSSR count). The van der Waals surface area contributed by atoms with E-state index >= 15 is 0 Å². The van der Waals surface area contributed by atoms with Crippen molar-refractivity contribution < 1.29 is 4.79 Å². The zero-order valence-electron chi connectivity index (χ0n) is 15.7. The largest absolute Gasteiger partial charge is 0.338 e. The maximum absolute atomic E-state index is 12.8. The molecule has 1 fully saturated rings. The molecule has 0 aliphatic carbocycles. The normalized spacial score (nSPS) is 16.1. The van der Waals surface area contributed by atoms with E-state index in [1.807, 2.05) is 29.4 Å². The van der Waals surface area contributed by atoms with Crippen LogP contribution < -0.4 is 0 Å². The van der Waals surface area contributed by atoms with Crippen LogP contribution in [0.1, 0.15) is 28.0 Å². The summed E-state index contributed by atoms with van der Waals surface area (Å²) < 4.78 is 2.21. The molecule has 2 aromatic heterocycles. The Bertz CT molecular complexity index is 1030. The number of imidazole rings is 1. The van der Waals surface area contributed by atoms with Crippen LogP contribution in [0.4, 0.5) is 0 Å². The van der Waals surface area contributed by atoms with Crippen molar-refractivity contribution in [2.75, 3.05) is 13.1 Å². The highest BCUT2D eigenvalue weighted by atomic mass is 16.2. The highest BCUT2D eigenvalue weighted by Crippen LogP contribution is 2.25. The molecule has 3 heterocycles. The van der Waals surface area contributed by atoms with E-state index in [9.17, 15) is 4.79 Å². The van der Waals surface area contributed by atoms with Crippen LogP contribution in [-0.2, 0) is 6.54 Å². The fraction of sp³-hybridized carbons (Fsp3) is 0.273. The fourth-order valence-electron chi connectivity index (χ4n) is 3.75. The van der Waals surface area contributed by atoms with Crippen molar-refractivity contribution in [2.24, 2.45) is 5.92 Å². The summed E-state index contributed by atoms with van der Waals surface area (Å²) in [6.45, 7) is 4.31. The first kappa shape index (κ1) is 17.9. The van der Waals surface area contributed by atoms with Crippen LogP contribution >= 0.6 is 0 Å². The number of benzene rings is 1. The third kappa shape index (κ3) is 3.52. The molecule has 28 heavy (non-hydrogen) atoms. The SMILES string of the molecule is Cc1cnc(-c2cccnc2)n1CC1CCN(C(=O)c2cccc(C#N)c2)C1. The minimum atomic E-state index is -0.00515. The quantitative estimate of drug-likeness (QED) is 0.705. The van der Waals surface area contributed by atoms with Crippen molar-refractivity contribution >= 4 is 5.91 Å². The number of amides is 1. The van der Waals surface area contributed by atoms with Gasteiger partial charge in [-0.25, -0.2) is 4.98 Å². The van der Waals surface area contributed by atoms with Gasteiger partial charge in [-0.3, -0.25) is 9.78 Å². The number of carbonyl (C=O) groups is 1. The van der Waals surface area contributed by atoms with Gasteiger partial charge in [0.2, 0.25) is 0 Å². The number of hydrogen-bond acceptors (Lipinski definition) is 4. The standard InChI is InChI=1S/C22H21N5O/c1-16-12-25-21(20-6-3-8-24-13-20)27(16)15-18-7-9-26(14-18)22(28)19-5-2-4-17(10-19)11-23/h2-6,8,10,12-13,18H,7,9,14-15H2,1H3. The zero-order valence-corrected chi connectivity index (χ0v) is 15.7. The third-order valence-corrected chi connectivity index (χ3v) is 5.23. The molecule has 0 radical (unpaired) electrons. The fourth-order valence-corrected chi connectivity index (χ4v) is 3.75. The van der Waals surface area contributed by atoms with E-state index in [1.54, 1.807) is 30.5 Å². The molecule has 1 amide bonds. The van der Waals surface area contributed by atoms with Gasteiger partial charge < -0.3 is 9.47 Å². The molecule has 1 atom stereocenters. The molecular weight excluding hydrogens is 350 g/mol. The van der Waals surface area contributed by atoms with Crippen LogP contribution in [0, 0.1) is 24.2 Å². The molecule has 1 aliphatic heterocycles. The number of likely N-dealkylation sites (tertiary alicyclic amines) is 1. The van der Waals surface area contributed by atoms with Crippen LogP contribution in [0.15, 0.2) is 55.0 Å². The summed E-state index contributed by atoms with van der Waals surface area (Å²) in [6.07, 6.45) is 6.41. The Balaban J connectivity index is 1.48. The highest BCUT2D eigenvalue weighted by molar-refractivity contribution is 5.94. The molecular formula is C22H21N5O. The van der Waals surface area contributed by atoms with Gasteiger partial charge >= 0.3 is 0 Å². The first-order chi connectivity index (χ1) is 13.7. The molecule has 3 aromatic rings. The average molecular weight is 371 g/mol. The number of nitrogens with zero attached hydrogens (tertiary/aromatic N) is 5. The van der Waals surface area contributed by atoms with E-state index in [1.165, 1.54) is 0 Å². The van der Waals surface area contributed by atoms with Crippen molar-refractivity contribution in [3.8, 4) is 17.5 Å². The second-order valence-corrected chi connectivity index (χ2v) is 7.17. The van der Waals surface area contributed by atoms with Crippen molar-refractivity contribution in [3.63, 3.8) is 0 Å². The Hall–Kier alpha value is -3.46. The lowest BCUT2D eigenvalue weighted by molar-refractivity contribution is 0.0786. The van der Waals surface area contributed by atoms with Crippen molar-refractivity contribution in [1.29, 1.82) is 5.26 Å². The van der Waals surface area contributed by atoms with Crippen molar-refractivity contribution in [2.45, 2.75) is 19.9 Å². The molecule has 6 nitrogen and oxygen atoms in total. The van der Waals surface area contributed by atoms with Gasteiger partial charge in [0.15, 0.2) is 0 Å². The van der Waals surface area contributed by atoms with Gasteiger partial charge in [0, 0.05) is 55.0 Å². The lowest BCUT2D eigenvalue weighted by Gasteiger charge is -2.18. The molecule has 0 spiro atoms. The van der Waals surface area contributed by atoms with Crippen LogP contribution in [-0.4, -0.2) is 38.4 Å². The summed E-state index contributed by atoms with van der Waals surface area (Å²) in [6, 6.07) is 12.9. The highest BCUT2D eigenvalue weighted by Gasteiger charge is 2.28. The summed E-state index contributed by atoms with van der Waals surface area (Å²) >= 11 is 0. The van der Waals surface area contributed by atoms with Crippen molar-refractivity contribution in [3.05, 3.63) is 71.8 Å². The van der Waals surface area contributed by atoms with Crippen LogP contribution in [0.2, 0.25) is 0 Å². The Labute approximate surface area is 164 Å². The number of pyridine rings is 1. The lowest BCUT2D eigenvalue weighted by Crippen LogP contribution is -2.29. The molecule has 1 saturated heterocycles. The first-order valence-electron chi connectivity index (χ1n) is 9.37. The Morgan fingerprint density at radius 3 is 2.96 bits per heavy atom. The second-order valence-electron chi connectivity index (χ2n) is 7.17. The maximum atomic E-state index is 12.8. The lowest BCUT2D eigenvalue weighted by atomic mass is 10.1. The molecule has 0 bridgehead atoms. The van der Waals surface area contributed by atoms with Gasteiger partial charge in [-0.15, -0.1) is 0 Å². The van der Waals surface area contributed by atoms with Crippen LogP contribution in [0.25, 0.3) is 11.4 Å². The molecule has 0 N–H and O–H groups in total. The molecule has 0 saturated carbocycles. The summed E-state index contributed by atoms with van der Waals surface area (Å²) in [5, 5.41) is 9.05. The van der Waals surface area contributed by atoms with E-state index in [0.29, 0.717) is 23.6 Å². The molecule has 1 aromatic carbocycles. The summed E-state index contributed by atoms with van der Waals surface area (Å²) in [5.41, 5.74) is 3.19. The van der Waals surface area contributed by atoms with Gasteiger partial charge in [-0.2, -0.15) is 5.26 Å². The molecule has 140 valence electrons. The van der Waals surface area contributed by atoms with Crippen molar-refractivity contribution in [1.82, 2.24) is 19.4 Å². The topological polar surface area (TPSA) is 74.8 Å². The van der Waals surface area contributed by atoms with E-state index in [2.05, 4.69) is 27.5 Å². The number of aromatic nitrogens is 3. The van der Waals surface area contributed by atoms with Gasteiger partial charge in [-0.05, 0) is 49.6 Å². The van der Waals surface area contributed by atoms with Gasteiger partial charge in [-0.1, -0.05) is 6.07 Å². The van der Waals surface area contributed by atoms with Gasteiger partial charge in [0.1, 0.15) is 5.82 Å². The number of rotatable bonds is 4. The zero-order chi connectivity index (χ0) is 19.5. The van der Waals surface area contributed by atoms with E-state index in [-0.39, 0.29) is 5.91 Å². The van der Waals surface area contributed by atoms with E-state index < -0.39 is 0 Å². The molecule has 1 aliphatic rings. The minimum Gasteiger partial charge on any atom is -0.338 e. The maximum Gasteiger partial charge on any atom is 0.253 e. The minimum absolute atomic E-state index is 0.00515. The number of aryl methyl sites for hydroxylation is 1. The van der Waals surface area contributed by atoms with Crippen LogP contribution in [0.3, 0.4) is 0 Å². The summed E-state index contributed by atoms with van der Waals surface area (Å²) in [5.74, 6) is 1.28. The predicted molar refractivity (Wildman–Crippen MR) is 105 cm³/mol. The Morgan fingerprint density at radius 1 is 1.29 bits per heavy atom. The molecule has 1 unspecified atom stereocenters. The third-order valence-electron chi connectivity index (χ3n) is 5.23. The van der Waals surface area contributed by atoms with Gasteiger partial charge in [0.25, 0.3) is 5.91 Å². The molecule has 6 heteroatoms. The second kappa shape index (κ2) is 7.65. The Morgan fingerprint density at radius 2 is 2.18 bits per heavy atom. The monoisotopic (exact) mass is 371 g/mol. The Kier molecular flexibility index (Phi) is 4.90. The summed E-state index contributed by atoms with van der Waals surface area (Å²) in [4.78, 5) is 23.5. The van der Waals surface area contributed by atoms with Crippen LogP contribution in [0.5, 0.6) is 0 Å².